The highest BCUT2D eigenvalue weighted by Gasteiger charge is 2.44. The Bertz CT molecular complexity index is 1100. The first kappa shape index (κ1) is 22.2. The Morgan fingerprint density at radius 3 is 2.32 bits per heavy atom. The van der Waals surface area contributed by atoms with Gasteiger partial charge in [-0.05, 0) is 25.0 Å². The lowest BCUT2D eigenvalue weighted by molar-refractivity contribution is -0.122. The van der Waals surface area contributed by atoms with Crippen LogP contribution in [0, 0.1) is 5.92 Å². The Balaban J connectivity index is 1.29. The van der Waals surface area contributed by atoms with E-state index >= 15 is 0 Å². The summed E-state index contributed by atoms with van der Waals surface area (Å²) < 4.78 is 28.3. The third kappa shape index (κ3) is 3.85. The fourth-order valence-electron chi connectivity index (χ4n) is 4.89. The molecule has 5 rings (SSSR count). The summed E-state index contributed by atoms with van der Waals surface area (Å²) in [5.41, 5.74) is 1.20. The SMILES string of the molecule is COc1cc(N2CC(C(=O)Nc3ccc4c(c3)OC3(CCCC3)O4)CC2=O)cc(OC)c1OC. The average Bonchev–Trinajstić information content (AvgIpc) is 3.56. The molecule has 1 saturated carbocycles. The van der Waals surface area contributed by atoms with E-state index in [1.165, 1.54) is 21.3 Å². The number of hydrogen-bond acceptors (Lipinski definition) is 7. The monoisotopic (exact) mass is 468 g/mol. The molecule has 1 saturated heterocycles. The van der Waals surface area contributed by atoms with Crippen molar-refractivity contribution in [1.82, 2.24) is 0 Å². The molecule has 2 aromatic carbocycles. The van der Waals surface area contributed by atoms with E-state index < -0.39 is 11.7 Å². The summed E-state index contributed by atoms with van der Waals surface area (Å²) in [4.78, 5) is 27.4. The molecule has 2 fully saturated rings. The summed E-state index contributed by atoms with van der Waals surface area (Å²) in [7, 11) is 4.55. The second-order valence-corrected chi connectivity index (χ2v) is 8.76. The summed E-state index contributed by atoms with van der Waals surface area (Å²) in [6.07, 6.45) is 4.00. The van der Waals surface area contributed by atoms with Gasteiger partial charge in [-0.25, -0.2) is 0 Å². The van der Waals surface area contributed by atoms with Crippen LogP contribution in [0.2, 0.25) is 0 Å². The van der Waals surface area contributed by atoms with Gasteiger partial charge < -0.3 is 33.9 Å². The maximum Gasteiger partial charge on any atom is 0.251 e. The van der Waals surface area contributed by atoms with Crippen molar-refractivity contribution in [1.29, 1.82) is 0 Å². The fraction of sp³-hybridized carbons (Fsp3) is 0.440. The molecule has 3 aliphatic rings. The number of anilines is 2. The van der Waals surface area contributed by atoms with Gasteiger partial charge in [0.1, 0.15) is 0 Å². The average molecular weight is 469 g/mol. The topological polar surface area (TPSA) is 95.6 Å². The number of rotatable bonds is 6. The number of hydrogen-bond donors (Lipinski definition) is 1. The minimum atomic E-state index is -0.552. The van der Waals surface area contributed by atoms with Crippen LogP contribution < -0.4 is 33.9 Å². The van der Waals surface area contributed by atoms with Gasteiger partial charge in [0.05, 0.1) is 32.9 Å². The van der Waals surface area contributed by atoms with Crippen LogP contribution in [0.1, 0.15) is 32.1 Å². The second kappa shape index (κ2) is 8.62. The zero-order valence-corrected chi connectivity index (χ0v) is 19.5. The van der Waals surface area contributed by atoms with E-state index in [9.17, 15) is 9.59 Å². The number of fused-ring (bicyclic) bond motifs is 1. The van der Waals surface area contributed by atoms with Crippen LogP contribution in [-0.4, -0.2) is 45.5 Å². The maximum atomic E-state index is 13.0. The van der Waals surface area contributed by atoms with Crippen LogP contribution in [0.25, 0.3) is 0 Å². The molecule has 0 aromatic heterocycles. The van der Waals surface area contributed by atoms with Gasteiger partial charge in [-0.2, -0.15) is 0 Å². The lowest BCUT2D eigenvalue weighted by Gasteiger charge is -2.21. The van der Waals surface area contributed by atoms with Gasteiger partial charge in [-0.3, -0.25) is 9.59 Å². The summed E-state index contributed by atoms with van der Waals surface area (Å²) in [5.74, 6) is 1.24. The minimum Gasteiger partial charge on any atom is -0.493 e. The van der Waals surface area contributed by atoms with E-state index in [-0.39, 0.29) is 24.8 Å². The first-order chi connectivity index (χ1) is 16.4. The van der Waals surface area contributed by atoms with Gasteiger partial charge in [0.2, 0.25) is 17.6 Å². The largest absolute Gasteiger partial charge is 0.493 e. The molecule has 1 unspecified atom stereocenters. The molecule has 9 nitrogen and oxygen atoms in total. The first-order valence-corrected chi connectivity index (χ1v) is 11.4. The van der Waals surface area contributed by atoms with Gasteiger partial charge in [-0.1, -0.05) is 0 Å². The molecule has 2 heterocycles. The van der Waals surface area contributed by atoms with Crippen LogP contribution in [-0.2, 0) is 9.59 Å². The van der Waals surface area contributed by atoms with E-state index in [2.05, 4.69) is 5.32 Å². The maximum absolute atomic E-state index is 13.0. The molecule has 1 atom stereocenters. The second-order valence-electron chi connectivity index (χ2n) is 8.76. The summed E-state index contributed by atoms with van der Waals surface area (Å²) in [6, 6.07) is 8.81. The van der Waals surface area contributed by atoms with Crippen LogP contribution >= 0.6 is 0 Å². The van der Waals surface area contributed by atoms with Gasteiger partial charge in [0.25, 0.3) is 5.79 Å². The zero-order valence-electron chi connectivity index (χ0n) is 19.5. The molecule has 9 heteroatoms. The van der Waals surface area contributed by atoms with Gasteiger partial charge in [0, 0.05) is 49.7 Å². The Morgan fingerprint density at radius 1 is 1.00 bits per heavy atom. The Morgan fingerprint density at radius 2 is 1.68 bits per heavy atom. The molecule has 0 radical (unpaired) electrons. The Kier molecular flexibility index (Phi) is 5.63. The molecule has 2 aromatic rings. The number of methoxy groups -OCH3 is 3. The van der Waals surface area contributed by atoms with Crippen LogP contribution in [0.5, 0.6) is 28.7 Å². The number of amides is 2. The molecular formula is C25H28N2O7. The fourth-order valence-corrected chi connectivity index (χ4v) is 4.89. The van der Waals surface area contributed by atoms with Gasteiger partial charge >= 0.3 is 0 Å². The van der Waals surface area contributed by atoms with Crippen molar-refractivity contribution in [2.24, 2.45) is 5.92 Å². The van der Waals surface area contributed by atoms with Crippen molar-refractivity contribution in [2.75, 3.05) is 38.1 Å². The molecule has 0 bridgehead atoms. The van der Waals surface area contributed by atoms with Crippen molar-refractivity contribution in [3.05, 3.63) is 30.3 Å². The predicted octanol–water partition coefficient (Wildman–Crippen LogP) is 3.75. The lowest BCUT2D eigenvalue weighted by atomic mass is 10.1. The highest BCUT2D eigenvalue weighted by molar-refractivity contribution is 6.04. The van der Waals surface area contributed by atoms with Crippen molar-refractivity contribution >= 4 is 23.2 Å². The Hall–Kier alpha value is -3.62. The molecule has 2 amide bonds. The zero-order chi connectivity index (χ0) is 23.9. The van der Waals surface area contributed by atoms with Gasteiger partial charge in [0.15, 0.2) is 23.0 Å². The molecule has 1 spiro atoms. The highest BCUT2D eigenvalue weighted by atomic mass is 16.7. The lowest BCUT2D eigenvalue weighted by Crippen LogP contribution is -2.34. The minimum absolute atomic E-state index is 0.107. The van der Waals surface area contributed by atoms with E-state index in [1.807, 2.05) is 6.07 Å². The predicted molar refractivity (Wildman–Crippen MR) is 124 cm³/mol. The third-order valence-corrected chi connectivity index (χ3v) is 6.63. The van der Waals surface area contributed by atoms with Crippen LogP contribution in [0.3, 0.4) is 0 Å². The molecule has 1 N–H and O–H groups in total. The van der Waals surface area contributed by atoms with Crippen molar-refractivity contribution in [3.8, 4) is 28.7 Å². The summed E-state index contributed by atoms with van der Waals surface area (Å²) in [6.45, 7) is 0.247. The van der Waals surface area contributed by atoms with Crippen molar-refractivity contribution in [3.63, 3.8) is 0 Å². The number of nitrogens with one attached hydrogen (secondary N) is 1. The molecule has 2 aliphatic heterocycles. The number of carbonyl (C=O) groups excluding carboxylic acids is 2. The van der Waals surface area contributed by atoms with Crippen LogP contribution in [0.15, 0.2) is 30.3 Å². The van der Waals surface area contributed by atoms with E-state index in [4.69, 9.17) is 23.7 Å². The smallest absolute Gasteiger partial charge is 0.251 e. The summed E-state index contributed by atoms with van der Waals surface area (Å²) >= 11 is 0. The number of ether oxygens (including phenoxy) is 5. The van der Waals surface area contributed by atoms with Gasteiger partial charge in [-0.15, -0.1) is 0 Å². The third-order valence-electron chi connectivity index (χ3n) is 6.63. The van der Waals surface area contributed by atoms with E-state index in [0.29, 0.717) is 40.1 Å². The molecule has 1 aliphatic carbocycles. The van der Waals surface area contributed by atoms with Crippen molar-refractivity contribution < 1.29 is 33.3 Å². The number of nitrogens with zero attached hydrogens (tertiary/aromatic N) is 1. The van der Waals surface area contributed by atoms with Crippen molar-refractivity contribution in [2.45, 2.75) is 37.9 Å². The number of benzene rings is 2. The molecule has 180 valence electrons. The molecular weight excluding hydrogens is 440 g/mol. The standard InChI is InChI=1S/C25H28N2O7/c1-30-20-12-17(13-21(31-2)23(20)32-3)27-14-15(10-22(27)28)24(29)26-16-6-7-18-19(11-16)34-25(33-18)8-4-5-9-25/h6-7,11-13,15H,4-5,8-10,14H2,1-3H3,(H,26,29). The quantitative estimate of drug-likeness (QED) is 0.690. The molecule has 34 heavy (non-hydrogen) atoms. The van der Waals surface area contributed by atoms with E-state index in [0.717, 1.165) is 25.7 Å². The summed E-state index contributed by atoms with van der Waals surface area (Å²) in [5, 5.41) is 2.93. The highest BCUT2D eigenvalue weighted by Crippen LogP contribution is 2.47. The Labute approximate surface area is 197 Å². The van der Waals surface area contributed by atoms with E-state index in [1.54, 1.807) is 29.2 Å². The van der Waals surface area contributed by atoms with Crippen LogP contribution in [0.4, 0.5) is 11.4 Å². The number of carbonyl (C=O) groups is 2. The first-order valence-electron chi connectivity index (χ1n) is 11.4. The normalized spacial score (nSPS) is 20.0.